The number of aromatic nitrogens is 1. The van der Waals surface area contributed by atoms with E-state index in [2.05, 4.69) is 4.98 Å². The number of fused-ring (bicyclic) bond motifs is 1. The number of benzene rings is 2. The van der Waals surface area contributed by atoms with Crippen LogP contribution < -0.4 is 18.9 Å². The molecule has 5 rings (SSSR count). The van der Waals surface area contributed by atoms with Crippen LogP contribution in [0.5, 0.6) is 28.9 Å². The van der Waals surface area contributed by atoms with E-state index in [0.717, 1.165) is 22.9 Å². The quantitative estimate of drug-likeness (QED) is 0.191. The van der Waals surface area contributed by atoms with Crippen LogP contribution in [0.15, 0.2) is 53.6 Å². The van der Waals surface area contributed by atoms with Gasteiger partial charge < -0.3 is 18.9 Å². The van der Waals surface area contributed by atoms with Crippen molar-refractivity contribution in [3.63, 3.8) is 0 Å². The van der Waals surface area contributed by atoms with Gasteiger partial charge in [-0.2, -0.15) is 0 Å². The standard InChI is InChI=1S/C25H18ClN3O8S/c1-2-34-19-7-14(3-5-18(19)37-23-6-4-16(11-27-23)29(32)33)8-22-24(30)28(25(31)38-22)12-15-9-20-21(10-17(15)26)36-13-35-20/h3-11H,2,12-13H2,1H3/b22-8-. The summed E-state index contributed by atoms with van der Waals surface area (Å²) in [5, 5.41) is 10.8. The number of nitrogens with zero attached hydrogens (tertiary/aromatic N) is 3. The van der Waals surface area contributed by atoms with Gasteiger partial charge in [-0.05, 0) is 54.1 Å². The van der Waals surface area contributed by atoms with Gasteiger partial charge >= 0.3 is 0 Å². The Morgan fingerprint density at radius 1 is 1.16 bits per heavy atom. The minimum atomic E-state index is -0.553. The molecule has 0 aliphatic carbocycles. The van der Waals surface area contributed by atoms with Gasteiger partial charge in [-0.1, -0.05) is 17.7 Å². The number of thioether (sulfide) groups is 1. The van der Waals surface area contributed by atoms with Gasteiger partial charge in [0.1, 0.15) is 6.20 Å². The lowest BCUT2D eigenvalue weighted by Gasteiger charge is -2.14. The Bertz CT molecular complexity index is 1480. The summed E-state index contributed by atoms with van der Waals surface area (Å²) in [6.07, 6.45) is 2.68. The Kier molecular flexibility index (Phi) is 7.07. The normalized spacial score (nSPS) is 15.3. The summed E-state index contributed by atoms with van der Waals surface area (Å²) in [7, 11) is 0. The molecule has 0 N–H and O–H groups in total. The van der Waals surface area contributed by atoms with Crippen molar-refractivity contribution in [2.75, 3.05) is 13.4 Å². The summed E-state index contributed by atoms with van der Waals surface area (Å²) in [5.41, 5.74) is 0.996. The van der Waals surface area contributed by atoms with Crippen LogP contribution in [0.4, 0.5) is 10.5 Å². The second-order valence-electron chi connectivity index (χ2n) is 7.92. The zero-order valence-electron chi connectivity index (χ0n) is 19.7. The molecular formula is C25H18ClN3O8S. The molecule has 2 aromatic carbocycles. The van der Waals surface area contributed by atoms with Gasteiger partial charge in [0.25, 0.3) is 16.8 Å². The molecule has 0 radical (unpaired) electrons. The molecule has 1 fully saturated rings. The van der Waals surface area contributed by atoms with E-state index in [-0.39, 0.29) is 29.8 Å². The van der Waals surface area contributed by atoms with Crippen molar-refractivity contribution in [3.05, 3.63) is 79.8 Å². The van der Waals surface area contributed by atoms with Crippen LogP contribution in [0.25, 0.3) is 6.08 Å². The van der Waals surface area contributed by atoms with E-state index in [9.17, 15) is 19.7 Å². The molecule has 38 heavy (non-hydrogen) atoms. The fourth-order valence-electron chi connectivity index (χ4n) is 3.66. The average Bonchev–Trinajstić information content (AvgIpc) is 3.45. The molecule has 13 heteroatoms. The van der Waals surface area contributed by atoms with Crippen LogP contribution >= 0.6 is 23.4 Å². The highest BCUT2D eigenvalue weighted by Gasteiger charge is 2.36. The molecule has 2 amide bonds. The van der Waals surface area contributed by atoms with Crippen molar-refractivity contribution in [2.24, 2.45) is 0 Å². The third kappa shape index (κ3) is 5.22. The van der Waals surface area contributed by atoms with Crippen molar-refractivity contribution in [1.29, 1.82) is 0 Å². The maximum absolute atomic E-state index is 13.1. The second kappa shape index (κ2) is 10.6. The first-order valence-corrected chi connectivity index (χ1v) is 12.4. The Hall–Kier alpha value is -4.29. The van der Waals surface area contributed by atoms with Gasteiger partial charge in [-0.15, -0.1) is 0 Å². The largest absolute Gasteiger partial charge is 0.490 e. The predicted molar refractivity (Wildman–Crippen MR) is 138 cm³/mol. The molecule has 2 aliphatic rings. The van der Waals surface area contributed by atoms with Gasteiger partial charge in [-0.3, -0.25) is 24.6 Å². The number of nitro groups is 1. The summed E-state index contributed by atoms with van der Waals surface area (Å²) in [5.74, 6) is 1.40. The number of halogens is 1. The molecule has 3 aromatic rings. The molecule has 0 unspecified atom stereocenters. The van der Waals surface area contributed by atoms with E-state index in [1.165, 1.54) is 12.1 Å². The molecule has 0 saturated carbocycles. The monoisotopic (exact) mass is 555 g/mol. The zero-order valence-corrected chi connectivity index (χ0v) is 21.3. The molecule has 0 spiro atoms. The zero-order chi connectivity index (χ0) is 26.8. The third-order valence-corrected chi connectivity index (χ3v) is 6.71. The average molecular weight is 556 g/mol. The molecular weight excluding hydrogens is 538 g/mol. The first-order chi connectivity index (χ1) is 18.3. The SMILES string of the molecule is CCOc1cc(/C=C2\SC(=O)N(Cc3cc4c(cc3Cl)OCO4)C2=O)ccc1Oc1ccc([N+](=O)[O-])cn1. The van der Waals surface area contributed by atoms with Crippen LogP contribution in [-0.2, 0) is 11.3 Å². The van der Waals surface area contributed by atoms with Crippen LogP contribution in [-0.4, -0.2) is 39.4 Å². The molecule has 1 saturated heterocycles. The molecule has 0 atom stereocenters. The second-order valence-corrected chi connectivity index (χ2v) is 9.32. The lowest BCUT2D eigenvalue weighted by molar-refractivity contribution is -0.385. The van der Waals surface area contributed by atoms with Gasteiger partial charge in [0.2, 0.25) is 12.7 Å². The minimum absolute atomic E-state index is 0.0172. The number of ether oxygens (including phenoxy) is 4. The number of imide groups is 1. The van der Waals surface area contributed by atoms with Gasteiger partial charge in [0.05, 0.1) is 23.0 Å². The minimum Gasteiger partial charge on any atom is -0.490 e. The number of pyridine rings is 1. The van der Waals surface area contributed by atoms with E-state index in [0.29, 0.717) is 45.8 Å². The fraction of sp³-hybridized carbons (Fsp3) is 0.160. The number of rotatable bonds is 8. The predicted octanol–water partition coefficient (Wildman–Crippen LogP) is 5.80. The van der Waals surface area contributed by atoms with Gasteiger partial charge in [0.15, 0.2) is 23.0 Å². The Balaban J connectivity index is 1.35. The highest BCUT2D eigenvalue weighted by atomic mass is 35.5. The van der Waals surface area contributed by atoms with Crippen LogP contribution in [0.3, 0.4) is 0 Å². The van der Waals surface area contributed by atoms with Crippen molar-refractivity contribution in [3.8, 4) is 28.9 Å². The van der Waals surface area contributed by atoms with Crippen molar-refractivity contribution < 1.29 is 33.5 Å². The molecule has 3 heterocycles. The molecule has 2 aliphatic heterocycles. The van der Waals surface area contributed by atoms with Gasteiger partial charge in [0, 0.05) is 23.2 Å². The summed E-state index contributed by atoms with van der Waals surface area (Å²) in [6, 6.07) is 10.9. The lowest BCUT2D eigenvalue weighted by atomic mass is 10.1. The Labute approximate surface area is 225 Å². The van der Waals surface area contributed by atoms with E-state index >= 15 is 0 Å². The van der Waals surface area contributed by atoms with E-state index < -0.39 is 16.1 Å². The lowest BCUT2D eigenvalue weighted by Crippen LogP contribution is -2.27. The maximum Gasteiger partial charge on any atom is 0.293 e. The van der Waals surface area contributed by atoms with Crippen molar-refractivity contribution >= 4 is 46.3 Å². The van der Waals surface area contributed by atoms with Crippen LogP contribution in [0.2, 0.25) is 5.02 Å². The number of carbonyl (C=O) groups excluding carboxylic acids is 2. The molecule has 11 nitrogen and oxygen atoms in total. The highest BCUT2D eigenvalue weighted by molar-refractivity contribution is 8.18. The van der Waals surface area contributed by atoms with E-state index in [1.54, 1.807) is 43.3 Å². The third-order valence-electron chi connectivity index (χ3n) is 5.46. The Morgan fingerprint density at radius 2 is 1.95 bits per heavy atom. The summed E-state index contributed by atoms with van der Waals surface area (Å²) in [6.45, 7) is 2.20. The van der Waals surface area contributed by atoms with Crippen molar-refractivity contribution in [1.82, 2.24) is 9.88 Å². The van der Waals surface area contributed by atoms with Crippen molar-refractivity contribution in [2.45, 2.75) is 13.5 Å². The topological polar surface area (TPSA) is 130 Å². The summed E-state index contributed by atoms with van der Waals surface area (Å²) < 4.78 is 22.1. The molecule has 0 bridgehead atoms. The fourth-order valence-corrected chi connectivity index (χ4v) is 4.71. The summed E-state index contributed by atoms with van der Waals surface area (Å²) in [4.78, 5) is 41.3. The molecule has 194 valence electrons. The Morgan fingerprint density at radius 3 is 2.66 bits per heavy atom. The first-order valence-electron chi connectivity index (χ1n) is 11.2. The summed E-state index contributed by atoms with van der Waals surface area (Å²) >= 11 is 7.14. The number of hydrogen-bond donors (Lipinski definition) is 0. The number of amides is 2. The first kappa shape index (κ1) is 25.4. The van der Waals surface area contributed by atoms with Gasteiger partial charge in [-0.25, -0.2) is 4.98 Å². The van der Waals surface area contributed by atoms with Crippen LogP contribution in [0, 0.1) is 10.1 Å². The number of carbonyl (C=O) groups is 2. The molecule has 1 aromatic heterocycles. The highest BCUT2D eigenvalue weighted by Crippen LogP contribution is 2.40. The maximum atomic E-state index is 13.1. The number of hydrogen-bond acceptors (Lipinski definition) is 10. The van der Waals surface area contributed by atoms with E-state index in [4.69, 9.17) is 30.5 Å². The van der Waals surface area contributed by atoms with E-state index in [1.807, 2.05) is 0 Å². The van der Waals surface area contributed by atoms with Crippen LogP contribution in [0.1, 0.15) is 18.1 Å². The smallest absolute Gasteiger partial charge is 0.293 e.